The zero-order chi connectivity index (χ0) is 12.3. The van der Waals surface area contributed by atoms with Crippen molar-refractivity contribution in [2.45, 2.75) is 6.61 Å². The maximum Gasteiger partial charge on any atom is 0.124 e. The van der Waals surface area contributed by atoms with Crippen LogP contribution >= 0.6 is 15.9 Å². The summed E-state index contributed by atoms with van der Waals surface area (Å²) < 4.78 is 19.1. The van der Waals surface area contributed by atoms with Gasteiger partial charge in [-0.2, -0.15) is 0 Å². The van der Waals surface area contributed by atoms with Gasteiger partial charge in [0.2, 0.25) is 0 Å². The highest BCUT2D eigenvalue weighted by Gasteiger charge is 2.02. The van der Waals surface area contributed by atoms with Crippen LogP contribution < -0.4 is 10.5 Å². The number of nitrogens with two attached hydrogens (primary N) is 1. The van der Waals surface area contributed by atoms with E-state index in [-0.39, 0.29) is 5.82 Å². The molecule has 0 aromatic heterocycles. The number of anilines is 1. The van der Waals surface area contributed by atoms with Gasteiger partial charge in [0.05, 0.1) is 0 Å². The first-order valence-electron chi connectivity index (χ1n) is 5.07. The number of halogens is 2. The van der Waals surface area contributed by atoms with Crippen molar-refractivity contribution in [3.63, 3.8) is 0 Å². The highest BCUT2D eigenvalue weighted by Crippen LogP contribution is 2.21. The van der Waals surface area contributed by atoms with Crippen molar-refractivity contribution in [2.24, 2.45) is 0 Å². The van der Waals surface area contributed by atoms with E-state index in [0.29, 0.717) is 22.5 Å². The van der Waals surface area contributed by atoms with Crippen LogP contribution in [-0.2, 0) is 6.61 Å². The molecule has 88 valence electrons. The summed E-state index contributed by atoms with van der Waals surface area (Å²) in [6.07, 6.45) is 0. The van der Waals surface area contributed by atoms with E-state index in [2.05, 4.69) is 15.9 Å². The average Bonchev–Trinajstić information content (AvgIpc) is 2.28. The predicted octanol–water partition coefficient (Wildman–Crippen LogP) is 3.75. The summed E-state index contributed by atoms with van der Waals surface area (Å²) >= 11 is 3.29. The Hall–Kier alpha value is -1.55. The summed E-state index contributed by atoms with van der Waals surface area (Å²) in [4.78, 5) is 0. The topological polar surface area (TPSA) is 35.2 Å². The number of hydrogen-bond acceptors (Lipinski definition) is 2. The van der Waals surface area contributed by atoms with Gasteiger partial charge in [0.15, 0.2) is 0 Å². The molecule has 2 aromatic rings. The van der Waals surface area contributed by atoms with E-state index in [9.17, 15) is 4.39 Å². The molecule has 0 radical (unpaired) electrons. The quantitative estimate of drug-likeness (QED) is 0.875. The van der Waals surface area contributed by atoms with Crippen LogP contribution in [0.15, 0.2) is 46.9 Å². The lowest BCUT2D eigenvalue weighted by molar-refractivity contribution is 0.305. The van der Waals surface area contributed by atoms with Crippen molar-refractivity contribution in [3.8, 4) is 5.75 Å². The van der Waals surface area contributed by atoms with Gasteiger partial charge >= 0.3 is 0 Å². The van der Waals surface area contributed by atoms with Crippen LogP contribution in [0.4, 0.5) is 10.1 Å². The Morgan fingerprint density at radius 2 is 2.00 bits per heavy atom. The van der Waals surface area contributed by atoms with Crippen LogP contribution in [0.5, 0.6) is 5.75 Å². The summed E-state index contributed by atoms with van der Waals surface area (Å²) in [6.45, 7) is 0.365. The second-order valence-corrected chi connectivity index (χ2v) is 4.45. The molecule has 4 heteroatoms. The predicted molar refractivity (Wildman–Crippen MR) is 69.3 cm³/mol. The summed E-state index contributed by atoms with van der Waals surface area (Å²) in [5.41, 5.74) is 7.18. The molecule has 0 amide bonds. The van der Waals surface area contributed by atoms with Gasteiger partial charge in [-0.3, -0.25) is 0 Å². The lowest BCUT2D eigenvalue weighted by atomic mass is 10.2. The smallest absolute Gasteiger partial charge is 0.124 e. The second-order valence-electron chi connectivity index (χ2n) is 3.60. The van der Waals surface area contributed by atoms with Gasteiger partial charge in [-0.1, -0.05) is 28.1 Å². The van der Waals surface area contributed by atoms with E-state index in [4.69, 9.17) is 10.5 Å². The first-order chi connectivity index (χ1) is 8.15. The Morgan fingerprint density at radius 1 is 1.18 bits per heavy atom. The van der Waals surface area contributed by atoms with Crippen LogP contribution in [0.3, 0.4) is 0 Å². The Labute approximate surface area is 107 Å². The van der Waals surface area contributed by atoms with Crippen molar-refractivity contribution in [1.82, 2.24) is 0 Å². The van der Waals surface area contributed by atoms with Crippen LogP contribution in [-0.4, -0.2) is 0 Å². The van der Waals surface area contributed by atoms with Crippen molar-refractivity contribution in [2.75, 3.05) is 5.73 Å². The monoisotopic (exact) mass is 295 g/mol. The third-order valence-electron chi connectivity index (χ3n) is 2.27. The molecule has 2 aromatic carbocycles. The maximum absolute atomic E-state index is 12.9. The molecule has 0 aliphatic heterocycles. The lowest BCUT2D eigenvalue weighted by Gasteiger charge is -2.08. The van der Waals surface area contributed by atoms with Gasteiger partial charge in [-0.05, 0) is 24.3 Å². The van der Waals surface area contributed by atoms with Gasteiger partial charge < -0.3 is 10.5 Å². The molecule has 0 bridgehead atoms. The minimum Gasteiger partial charge on any atom is -0.489 e. The standard InChI is InChI=1S/C13H11BrFNO/c14-13-6-10(15)5-4-9(13)8-17-12-3-1-2-11(16)7-12/h1-7H,8,16H2. The zero-order valence-electron chi connectivity index (χ0n) is 8.99. The van der Waals surface area contributed by atoms with Crippen molar-refractivity contribution < 1.29 is 9.13 Å². The molecule has 0 saturated heterocycles. The van der Waals surface area contributed by atoms with Gasteiger partial charge in [0.1, 0.15) is 18.2 Å². The molecule has 0 aliphatic carbocycles. The molecule has 0 unspecified atom stereocenters. The minimum atomic E-state index is -0.274. The Bertz CT molecular complexity index is 531. The van der Waals surface area contributed by atoms with Gasteiger partial charge in [-0.25, -0.2) is 4.39 Å². The first kappa shape index (κ1) is 11.9. The number of nitrogen functional groups attached to an aromatic ring is 1. The SMILES string of the molecule is Nc1cccc(OCc2ccc(F)cc2Br)c1. The molecule has 0 saturated carbocycles. The Balaban J connectivity index is 2.07. The lowest BCUT2D eigenvalue weighted by Crippen LogP contribution is -1.97. The van der Waals surface area contributed by atoms with E-state index in [1.165, 1.54) is 12.1 Å². The molecule has 2 nitrogen and oxygen atoms in total. The van der Waals surface area contributed by atoms with E-state index < -0.39 is 0 Å². The highest BCUT2D eigenvalue weighted by atomic mass is 79.9. The molecule has 0 spiro atoms. The molecule has 0 aliphatic rings. The van der Waals surface area contributed by atoms with Crippen molar-refractivity contribution in [1.29, 1.82) is 0 Å². The van der Waals surface area contributed by atoms with Gasteiger partial charge in [0.25, 0.3) is 0 Å². The normalized spacial score (nSPS) is 10.2. The van der Waals surface area contributed by atoms with Crippen LogP contribution in [0.1, 0.15) is 5.56 Å². The highest BCUT2D eigenvalue weighted by molar-refractivity contribution is 9.10. The molecule has 2 N–H and O–H groups in total. The van der Waals surface area contributed by atoms with E-state index in [0.717, 1.165) is 5.56 Å². The zero-order valence-corrected chi connectivity index (χ0v) is 10.6. The van der Waals surface area contributed by atoms with E-state index in [1.54, 1.807) is 18.2 Å². The van der Waals surface area contributed by atoms with E-state index >= 15 is 0 Å². The summed E-state index contributed by atoms with van der Waals surface area (Å²) in [7, 11) is 0. The average molecular weight is 296 g/mol. The Kier molecular flexibility index (Phi) is 3.64. The van der Waals surface area contributed by atoms with Crippen molar-refractivity contribution >= 4 is 21.6 Å². The van der Waals surface area contributed by atoms with Crippen LogP contribution in [0.2, 0.25) is 0 Å². The second kappa shape index (κ2) is 5.19. The fourth-order valence-electron chi connectivity index (χ4n) is 1.40. The van der Waals surface area contributed by atoms with Crippen molar-refractivity contribution in [3.05, 3.63) is 58.3 Å². The molecule has 17 heavy (non-hydrogen) atoms. The fraction of sp³-hybridized carbons (Fsp3) is 0.0769. The number of hydrogen-bond donors (Lipinski definition) is 1. The van der Waals surface area contributed by atoms with Crippen LogP contribution in [0, 0.1) is 5.82 Å². The van der Waals surface area contributed by atoms with Gasteiger partial charge in [0, 0.05) is 21.8 Å². The molecule has 0 fully saturated rings. The number of ether oxygens (including phenoxy) is 1. The maximum atomic E-state index is 12.9. The van der Waals surface area contributed by atoms with Crippen LogP contribution in [0.25, 0.3) is 0 Å². The minimum absolute atomic E-state index is 0.274. The third-order valence-corrected chi connectivity index (χ3v) is 3.01. The molecular weight excluding hydrogens is 285 g/mol. The summed E-state index contributed by atoms with van der Waals surface area (Å²) in [5, 5.41) is 0. The molecule has 0 heterocycles. The first-order valence-corrected chi connectivity index (χ1v) is 5.87. The molecular formula is C13H11BrFNO. The summed E-state index contributed by atoms with van der Waals surface area (Å²) in [6, 6.07) is 11.7. The fourth-order valence-corrected chi connectivity index (χ4v) is 1.87. The largest absolute Gasteiger partial charge is 0.489 e. The third kappa shape index (κ3) is 3.20. The van der Waals surface area contributed by atoms with E-state index in [1.807, 2.05) is 12.1 Å². The molecule has 2 rings (SSSR count). The molecule has 0 atom stereocenters. The Morgan fingerprint density at radius 3 is 2.71 bits per heavy atom. The summed E-state index contributed by atoms with van der Waals surface area (Å²) in [5.74, 6) is 0.422. The number of rotatable bonds is 3. The number of benzene rings is 2. The van der Waals surface area contributed by atoms with Gasteiger partial charge in [-0.15, -0.1) is 0 Å².